The number of urea groups is 1. The summed E-state index contributed by atoms with van der Waals surface area (Å²) in [6.45, 7) is 8.17. The van der Waals surface area contributed by atoms with Crippen molar-refractivity contribution in [2.24, 2.45) is 5.92 Å². The van der Waals surface area contributed by atoms with Crippen molar-refractivity contribution in [2.45, 2.75) is 33.6 Å². The summed E-state index contributed by atoms with van der Waals surface area (Å²) in [5.41, 5.74) is 2.31. The van der Waals surface area contributed by atoms with Crippen LogP contribution in [0.1, 0.15) is 30.9 Å². The summed E-state index contributed by atoms with van der Waals surface area (Å²) in [6, 6.07) is 5.92. The number of rotatable bonds is 3. The van der Waals surface area contributed by atoms with Crippen molar-refractivity contribution in [2.75, 3.05) is 19.8 Å². The van der Waals surface area contributed by atoms with Crippen LogP contribution in [0.5, 0.6) is 5.75 Å². The van der Waals surface area contributed by atoms with Gasteiger partial charge in [-0.3, -0.25) is 0 Å². The van der Waals surface area contributed by atoms with Gasteiger partial charge in [-0.25, -0.2) is 4.79 Å². The number of nitrogens with zero attached hydrogens (tertiary/aromatic N) is 1. The zero-order valence-corrected chi connectivity index (χ0v) is 12.6. The van der Waals surface area contributed by atoms with E-state index in [-0.39, 0.29) is 12.8 Å². The molecule has 1 aliphatic rings. The van der Waals surface area contributed by atoms with Gasteiger partial charge in [0.1, 0.15) is 5.75 Å². The molecule has 1 saturated heterocycles. The molecule has 0 bridgehead atoms. The fraction of sp³-hybridized carbons (Fsp3) is 0.562. The smallest absolute Gasteiger partial charge is 0.320 e. The van der Waals surface area contributed by atoms with E-state index in [9.17, 15) is 4.79 Å². The summed E-state index contributed by atoms with van der Waals surface area (Å²) in [7, 11) is 0. The minimum absolute atomic E-state index is 0.0261. The minimum atomic E-state index is -0.0261. The molecule has 1 N–H and O–H groups in total. The molecule has 110 valence electrons. The first-order chi connectivity index (χ1) is 9.58. The van der Waals surface area contributed by atoms with Gasteiger partial charge in [-0.05, 0) is 49.8 Å². The van der Waals surface area contributed by atoms with Crippen molar-refractivity contribution in [1.29, 1.82) is 0 Å². The van der Waals surface area contributed by atoms with Gasteiger partial charge in [0.05, 0.1) is 0 Å². The molecule has 0 radical (unpaired) electrons. The van der Waals surface area contributed by atoms with Gasteiger partial charge < -0.3 is 15.0 Å². The number of ether oxygens (including phenoxy) is 1. The van der Waals surface area contributed by atoms with Crippen molar-refractivity contribution >= 4 is 6.03 Å². The van der Waals surface area contributed by atoms with Gasteiger partial charge in [0, 0.05) is 13.1 Å². The topological polar surface area (TPSA) is 41.6 Å². The Hall–Kier alpha value is -1.71. The maximum Gasteiger partial charge on any atom is 0.320 e. The number of carbonyl (C=O) groups is 1. The highest BCUT2D eigenvalue weighted by atomic mass is 16.5. The molecule has 2 amide bonds. The van der Waals surface area contributed by atoms with E-state index in [4.69, 9.17) is 4.74 Å². The number of likely N-dealkylation sites (tertiary alicyclic amines) is 1. The standard InChI is InChI=1S/C16H24N2O2/c1-12-6-5-9-18(10-12)16(19)17-11-20-15-8-4-7-13(2)14(15)3/h4,7-8,12H,5-6,9-11H2,1-3H3,(H,17,19). The van der Waals surface area contributed by atoms with E-state index in [2.05, 4.69) is 25.2 Å². The number of benzene rings is 1. The van der Waals surface area contributed by atoms with Crippen molar-refractivity contribution in [3.63, 3.8) is 0 Å². The summed E-state index contributed by atoms with van der Waals surface area (Å²) >= 11 is 0. The molecular weight excluding hydrogens is 252 g/mol. The average Bonchev–Trinajstić information content (AvgIpc) is 2.43. The number of nitrogens with one attached hydrogen (secondary N) is 1. The SMILES string of the molecule is Cc1cccc(OCNC(=O)N2CCCC(C)C2)c1C. The summed E-state index contributed by atoms with van der Waals surface area (Å²) in [5.74, 6) is 1.42. The third-order valence-corrected chi connectivity index (χ3v) is 3.95. The number of aryl methyl sites for hydroxylation is 1. The van der Waals surface area contributed by atoms with E-state index in [1.807, 2.05) is 24.0 Å². The molecular formula is C16H24N2O2. The van der Waals surface area contributed by atoms with Gasteiger partial charge in [0.25, 0.3) is 0 Å². The normalized spacial score (nSPS) is 18.8. The van der Waals surface area contributed by atoms with Crippen molar-refractivity contribution in [3.8, 4) is 5.75 Å². The van der Waals surface area contributed by atoms with E-state index in [1.54, 1.807) is 0 Å². The monoisotopic (exact) mass is 276 g/mol. The Morgan fingerprint density at radius 3 is 3.00 bits per heavy atom. The van der Waals surface area contributed by atoms with Crippen LogP contribution >= 0.6 is 0 Å². The molecule has 1 aromatic rings. The molecule has 0 spiro atoms. The quantitative estimate of drug-likeness (QED) is 0.862. The molecule has 1 atom stereocenters. The van der Waals surface area contributed by atoms with Crippen LogP contribution < -0.4 is 10.1 Å². The van der Waals surface area contributed by atoms with E-state index >= 15 is 0 Å². The first-order valence-corrected chi connectivity index (χ1v) is 7.29. The van der Waals surface area contributed by atoms with Gasteiger partial charge in [-0.1, -0.05) is 19.1 Å². The Balaban J connectivity index is 1.80. The second-order valence-corrected chi connectivity index (χ2v) is 5.66. The summed E-state index contributed by atoms with van der Waals surface area (Å²) in [6.07, 6.45) is 2.30. The largest absolute Gasteiger partial charge is 0.473 e. The molecule has 1 aliphatic heterocycles. The molecule has 1 unspecified atom stereocenters. The van der Waals surface area contributed by atoms with Gasteiger partial charge >= 0.3 is 6.03 Å². The molecule has 20 heavy (non-hydrogen) atoms. The van der Waals surface area contributed by atoms with E-state index in [0.717, 1.165) is 30.8 Å². The molecule has 0 aliphatic carbocycles. The Bertz CT molecular complexity index is 474. The highest BCUT2D eigenvalue weighted by molar-refractivity contribution is 5.74. The third kappa shape index (κ3) is 3.65. The average molecular weight is 276 g/mol. The summed E-state index contributed by atoms with van der Waals surface area (Å²) in [5, 5.41) is 2.83. The van der Waals surface area contributed by atoms with Crippen LogP contribution in [0, 0.1) is 19.8 Å². The zero-order chi connectivity index (χ0) is 14.5. The van der Waals surface area contributed by atoms with Gasteiger partial charge in [-0.15, -0.1) is 0 Å². The first-order valence-electron chi connectivity index (χ1n) is 7.29. The maximum absolute atomic E-state index is 12.0. The van der Waals surface area contributed by atoms with Gasteiger partial charge in [0.15, 0.2) is 6.73 Å². The second kappa shape index (κ2) is 6.64. The van der Waals surface area contributed by atoms with Gasteiger partial charge in [0.2, 0.25) is 0 Å². The molecule has 4 nitrogen and oxygen atoms in total. The molecule has 1 aromatic carbocycles. The Kier molecular flexibility index (Phi) is 4.88. The Morgan fingerprint density at radius 1 is 1.45 bits per heavy atom. The Morgan fingerprint density at radius 2 is 2.25 bits per heavy atom. The summed E-state index contributed by atoms with van der Waals surface area (Å²) < 4.78 is 5.65. The highest BCUT2D eigenvalue weighted by Crippen LogP contribution is 2.20. The number of carbonyl (C=O) groups excluding carboxylic acids is 1. The summed E-state index contributed by atoms with van der Waals surface area (Å²) in [4.78, 5) is 13.9. The van der Waals surface area contributed by atoms with Crippen LogP contribution in [0.3, 0.4) is 0 Å². The van der Waals surface area contributed by atoms with E-state index in [1.165, 1.54) is 12.0 Å². The number of hydrogen-bond acceptors (Lipinski definition) is 2. The number of amides is 2. The van der Waals surface area contributed by atoms with Gasteiger partial charge in [-0.2, -0.15) is 0 Å². The van der Waals surface area contributed by atoms with Crippen LogP contribution in [-0.2, 0) is 0 Å². The van der Waals surface area contributed by atoms with Crippen molar-refractivity contribution < 1.29 is 9.53 Å². The molecule has 0 saturated carbocycles. The van der Waals surface area contributed by atoms with Crippen LogP contribution in [0.2, 0.25) is 0 Å². The van der Waals surface area contributed by atoms with Crippen LogP contribution in [0.15, 0.2) is 18.2 Å². The Labute approximate surface area is 121 Å². The molecule has 1 heterocycles. The lowest BCUT2D eigenvalue weighted by Gasteiger charge is -2.30. The predicted molar refractivity (Wildman–Crippen MR) is 79.9 cm³/mol. The zero-order valence-electron chi connectivity index (χ0n) is 12.6. The fourth-order valence-corrected chi connectivity index (χ4v) is 2.54. The van der Waals surface area contributed by atoms with Crippen molar-refractivity contribution in [3.05, 3.63) is 29.3 Å². The maximum atomic E-state index is 12.0. The highest BCUT2D eigenvalue weighted by Gasteiger charge is 2.20. The molecule has 0 aromatic heterocycles. The fourth-order valence-electron chi connectivity index (χ4n) is 2.54. The van der Waals surface area contributed by atoms with Crippen LogP contribution in [-0.4, -0.2) is 30.8 Å². The minimum Gasteiger partial charge on any atom is -0.473 e. The molecule has 4 heteroatoms. The molecule has 2 rings (SSSR count). The van der Waals surface area contributed by atoms with E-state index in [0.29, 0.717) is 5.92 Å². The predicted octanol–water partition coefficient (Wildman–Crippen LogP) is 3.08. The lowest BCUT2D eigenvalue weighted by Crippen LogP contribution is -2.46. The molecule has 1 fully saturated rings. The lowest BCUT2D eigenvalue weighted by molar-refractivity contribution is 0.160. The first kappa shape index (κ1) is 14.7. The number of hydrogen-bond donors (Lipinski definition) is 1. The van der Waals surface area contributed by atoms with Crippen molar-refractivity contribution in [1.82, 2.24) is 10.2 Å². The van der Waals surface area contributed by atoms with Crippen LogP contribution in [0.25, 0.3) is 0 Å². The second-order valence-electron chi connectivity index (χ2n) is 5.66. The van der Waals surface area contributed by atoms with E-state index < -0.39 is 0 Å². The number of piperidine rings is 1. The third-order valence-electron chi connectivity index (χ3n) is 3.95. The van der Waals surface area contributed by atoms with Crippen LogP contribution in [0.4, 0.5) is 4.79 Å². The lowest BCUT2D eigenvalue weighted by atomic mass is 10.0.